The fourth-order valence-electron chi connectivity index (χ4n) is 3.52. The van der Waals surface area contributed by atoms with Crippen LogP contribution in [0, 0.1) is 0 Å². The Morgan fingerprint density at radius 2 is 1.67 bits per heavy atom. The zero-order chi connectivity index (χ0) is 24.3. The number of rotatable bonds is 8. The maximum Gasteiger partial charge on any atom is 0.282 e. The van der Waals surface area contributed by atoms with Crippen molar-refractivity contribution in [2.24, 2.45) is 0 Å². The van der Waals surface area contributed by atoms with Crippen LogP contribution in [0.5, 0.6) is 0 Å². The molecule has 0 fully saturated rings. The average molecular weight is 509 g/mol. The van der Waals surface area contributed by atoms with Crippen molar-refractivity contribution in [3.8, 4) is 5.69 Å². The molecule has 0 saturated heterocycles. The predicted octanol–water partition coefficient (Wildman–Crippen LogP) is 5.98. The van der Waals surface area contributed by atoms with Crippen LogP contribution in [0.4, 0.5) is 0 Å². The Bertz CT molecular complexity index is 1230. The molecule has 174 valence electrons. The summed E-state index contributed by atoms with van der Waals surface area (Å²) >= 11 is 18.1. The molecule has 0 radical (unpaired) electrons. The van der Waals surface area contributed by atoms with Crippen LogP contribution in [-0.4, -0.2) is 39.5 Å². The van der Waals surface area contributed by atoms with Crippen LogP contribution in [0.2, 0.25) is 15.1 Å². The molecule has 0 spiro atoms. The number of carbonyl (C=O) groups is 2. The highest BCUT2D eigenvalue weighted by Crippen LogP contribution is 2.23. The largest absolute Gasteiger partial charge is 0.331 e. The summed E-state index contributed by atoms with van der Waals surface area (Å²) in [5.41, 5.74) is 0.878. The van der Waals surface area contributed by atoms with Gasteiger partial charge in [-0.2, -0.15) is 0 Å². The molecule has 6 nitrogen and oxygen atoms in total. The molecule has 2 aromatic carbocycles. The normalized spacial score (nSPS) is 11.1. The van der Waals surface area contributed by atoms with Gasteiger partial charge in [0.2, 0.25) is 0 Å². The van der Waals surface area contributed by atoms with E-state index in [0.29, 0.717) is 34.4 Å². The third-order valence-corrected chi connectivity index (χ3v) is 5.94. The average Bonchev–Trinajstić information content (AvgIpc) is 3.11. The number of nitrogens with zero attached hydrogens (tertiary/aromatic N) is 2. The van der Waals surface area contributed by atoms with Gasteiger partial charge in [0.15, 0.2) is 5.78 Å². The second kappa shape index (κ2) is 10.6. The smallest absolute Gasteiger partial charge is 0.282 e. The van der Waals surface area contributed by atoms with Crippen molar-refractivity contribution in [3.63, 3.8) is 0 Å². The summed E-state index contributed by atoms with van der Waals surface area (Å²) in [7, 11) is 0. The molecule has 0 saturated carbocycles. The number of aromatic nitrogens is 2. The Hall–Kier alpha value is -2.54. The molecule has 33 heavy (non-hydrogen) atoms. The van der Waals surface area contributed by atoms with Gasteiger partial charge in [0.05, 0.1) is 28.5 Å². The third-order valence-electron chi connectivity index (χ3n) is 5.14. The van der Waals surface area contributed by atoms with E-state index in [1.165, 1.54) is 21.7 Å². The number of nitrogens with one attached hydrogen (secondary N) is 1. The number of halogens is 3. The van der Waals surface area contributed by atoms with E-state index in [9.17, 15) is 14.4 Å². The highest BCUT2D eigenvalue weighted by molar-refractivity contribution is 6.36. The Morgan fingerprint density at radius 1 is 1.03 bits per heavy atom. The molecule has 0 aliphatic heterocycles. The number of aromatic amines is 1. The highest BCUT2D eigenvalue weighted by atomic mass is 35.5. The van der Waals surface area contributed by atoms with Crippen molar-refractivity contribution in [3.05, 3.63) is 84.7 Å². The summed E-state index contributed by atoms with van der Waals surface area (Å²) in [6.07, 6.45) is 0.628. The molecule has 1 heterocycles. The molecule has 0 bridgehead atoms. The van der Waals surface area contributed by atoms with E-state index in [1.54, 1.807) is 30.3 Å². The Morgan fingerprint density at radius 3 is 2.24 bits per heavy atom. The fraction of sp³-hybridized carbons (Fsp3) is 0.292. The zero-order valence-corrected chi connectivity index (χ0v) is 20.8. The summed E-state index contributed by atoms with van der Waals surface area (Å²) < 4.78 is 1.32. The van der Waals surface area contributed by atoms with Crippen LogP contribution in [0.3, 0.4) is 0 Å². The SMILES string of the molecule is CCCN(CC(=O)c1c(C(C)C)[nH]n(-c2ccc(Cl)cc2)c1=O)C(=O)c1ccc(Cl)cc1Cl. The van der Waals surface area contributed by atoms with Crippen molar-refractivity contribution in [1.29, 1.82) is 0 Å². The first-order valence-corrected chi connectivity index (χ1v) is 11.7. The molecule has 0 atom stereocenters. The second-order valence-corrected chi connectivity index (χ2v) is 9.23. The first kappa shape index (κ1) is 25.1. The Labute approximate surface area is 207 Å². The molecule has 0 aliphatic rings. The predicted molar refractivity (Wildman–Crippen MR) is 132 cm³/mol. The fourth-order valence-corrected chi connectivity index (χ4v) is 4.14. The minimum atomic E-state index is -0.473. The van der Waals surface area contributed by atoms with Gasteiger partial charge in [0, 0.05) is 16.6 Å². The topological polar surface area (TPSA) is 75.2 Å². The molecule has 1 aromatic heterocycles. The minimum Gasteiger partial charge on any atom is -0.331 e. The van der Waals surface area contributed by atoms with E-state index in [4.69, 9.17) is 34.8 Å². The number of ketones is 1. The van der Waals surface area contributed by atoms with Crippen molar-refractivity contribution in [1.82, 2.24) is 14.7 Å². The number of amides is 1. The highest BCUT2D eigenvalue weighted by Gasteiger charge is 2.27. The van der Waals surface area contributed by atoms with E-state index < -0.39 is 17.2 Å². The Kier molecular flexibility index (Phi) is 8.05. The van der Waals surface area contributed by atoms with Gasteiger partial charge in [-0.1, -0.05) is 55.6 Å². The first-order chi connectivity index (χ1) is 15.6. The van der Waals surface area contributed by atoms with Gasteiger partial charge in [-0.25, -0.2) is 4.68 Å². The van der Waals surface area contributed by atoms with Crippen LogP contribution in [-0.2, 0) is 0 Å². The van der Waals surface area contributed by atoms with Crippen LogP contribution >= 0.6 is 34.8 Å². The lowest BCUT2D eigenvalue weighted by molar-refractivity contribution is 0.0709. The summed E-state index contributed by atoms with van der Waals surface area (Å²) in [5.74, 6) is -0.961. The zero-order valence-electron chi connectivity index (χ0n) is 18.5. The van der Waals surface area contributed by atoms with Crippen molar-refractivity contribution in [2.75, 3.05) is 13.1 Å². The Balaban J connectivity index is 1.98. The molecule has 3 aromatic rings. The number of hydrogen-bond donors (Lipinski definition) is 1. The van der Waals surface area contributed by atoms with Gasteiger partial charge in [-0.15, -0.1) is 0 Å². The van der Waals surface area contributed by atoms with E-state index in [1.807, 2.05) is 20.8 Å². The van der Waals surface area contributed by atoms with E-state index in [-0.39, 0.29) is 28.6 Å². The lowest BCUT2D eigenvalue weighted by atomic mass is 10.0. The van der Waals surface area contributed by atoms with Gasteiger partial charge < -0.3 is 4.90 Å². The maximum absolute atomic E-state index is 13.3. The molecule has 1 N–H and O–H groups in total. The van der Waals surface area contributed by atoms with Crippen LogP contribution in [0.25, 0.3) is 5.69 Å². The monoisotopic (exact) mass is 507 g/mol. The van der Waals surface area contributed by atoms with Crippen LogP contribution < -0.4 is 5.56 Å². The molecule has 0 aliphatic carbocycles. The maximum atomic E-state index is 13.3. The lowest BCUT2D eigenvalue weighted by Gasteiger charge is -2.22. The molecule has 1 amide bonds. The standard InChI is InChI=1S/C24H24Cl3N3O3/c1-4-11-29(23(32)18-10-7-16(26)12-19(18)27)13-20(31)21-22(14(2)3)28-30(24(21)33)17-8-5-15(25)6-9-17/h5-10,12,14,28H,4,11,13H2,1-3H3. The van der Waals surface area contributed by atoms with Crippen molar-refractivity contribution >= 4 is 46.5 Å². The van der Waals surface area contributed by atoms with Gasteiger partial charge >= 0.3 is 0 Å². The third kappa shape index (κ3) is 5.52. The number of benzene rings is 2. The van der Waals surface area contributed by atoms with Gasteiger partial charge in [-0.05, 0) is 54.8 Å². The van der Waals surface area contributed by atoms with Crippen molar-refractivity contribution < 1.29 is 9.59 Å². The van der Waals surface area contributed by atoms with E-state index in [2.05, 4.69) is 5.10 Å². The number of H-pyrrole nitrogens is 1. The molecule has 0 unspecified atom stereocenters. The quantitative estimate of drug-likeness (QED) is 0.380. The summed E-state index contributed by atoms with van der Waals surface area (Å²) in [5, 5.41) is 4.20. The van der Waals surface area contributed by atoms with Crippen molar-refractivity contribution in [2.45, 2.75) is 33.1 Å². The molecular formula is C24H24Cl3N3O3. The lowest BCUT2D eigenvalue weighted by Crippen LogP contribution is -2.38. The van der Waals surface area contributed by atoms with E-state index in [0.717, 1.165) is 0 Å². The number of hydrogen-bond acceptors (Lipinski definition) is 3. The van der Waals surface area contributed by atoms with Crippen LogP contribution in [0.15, 0.2) is 47.3 Å². The number of carbonyl (C=O) groups excluding carboxylic acids is 2. The van der Waals surface area contributed by atoms with Crippen LogP contribution in [0.1, 0.15) is 59.5 Å². The summed E-state index contributed by atoms with van der Waals surface area (Å²) in [4.78, 5) is 41.1. The summed E-state index contributed by atoms with van der Waals surface area (Å²) in [6.45, 7) is 5.75. The molecular weight excluding hydrogens is 485 g/mol. The molecule has 9 heteroatoms. The van der Waals surface area contributed by atoms with Gasteiger partial charge in [0.25, 0.3) is 11.5 Å². The number of Topliss-reactive ketones (excluding diaryl/α,β-unsaturated/α-hetero) is 1. The first-order valence-electron chi connectivity index (χ1n) is 10.5. The summed E-state index contributed by atoms with van der Waals surface area (Å²) in [6, 6.07) is 11.3. The minimum absolute atomic E-state index is 0.0380. The van der Waals surface area contributed by atoms with Gasteiger partial charge in [-0.3, -0.25) is 19.5 Å². The second-order valence-electron chi connectivity index (χ2n) is 7.95. The van der Waals surface area contributed by atoms with E-state index >= 15 is 0 Å². The van der Waals surface area contributed by atoms with Gasteiger partial charge in [0.1, 0.15) is 5.56 Å². The molecule has 3 rings (SSSR count).